The van der Waals surface area contributed by atoms with Crippen LogP contribution < -0.4 is 15.8 Å². The average Bonchev–Trinajstić information content (AvgIpc) is 3.00. The van der Waals surface area contributed by atoms with Crippen LogP contribution in [-0.2, 0) is 12.7 Å². The smallest absolute Gasteiger partial charge is 0.419 e. The molecule has 1 aromatic heterocycles. The predicted molar refractivity (Wildman–Crippen MR) is 75.9 cm³/mol. The number of carbonyl (C=O) groups excluding carboxylic acids is 1. The topological polar surface area (TPSA) is 77.5 Å². The number of rotatable bonds is 6. The van der Waals surface area contributed by atoms with E-state index in [0.29, 0.717) is 11.3 Å². The monoisotopic (exact) mass is 328 g/mol. The van der Waals surface area contributed by atoms with E-state index in [1.165, 1.54) is 30.5 Å². The van der Waals surface area contributed by atoms with E-state index in [4.69, 9.17) is 14.9 Å². The third-order valence-corrected chi connectivity index (χ3v) is 2.95. The van der Waals surface area contributed by atoms with Gasteiger partial charge in [-0.15, -0.1) is 0 Å². The lowest BCUT2D eigenvalue weighted by Crippen LogP contribution is -2.28. The summed E-state index contributed by atoms with van der Waals surface area (Å²) < 4.78 is 48.4. The van der Waals surface area contributed by atoms with Crippen LogP contribution in [0.1, 0.15) is 21.7 Å². The second-order valence-corrected chi connectivity index (χ2v) is 4.60. The van der Waals surface area contributed by atoms with E-state index in [1.807, 2.05) is 0 Å². The van der Waals surface area contributed by atoms with Crippen LogP contribution in [0.15, 0.2) is 41.0 Å². The van der Waals surface area contributed by atoms with Crippen molar-refractivity contribution in [1.82, 2.24) is 5.32 Å². The summed E-state index contributed by atoms with van der Waals surface area (Å²) in [4.78, 5) is 11.8. The number of benzene rings is 1. The first-order valence-corrected chi connectivity index (χ1v) is 6.76. The lowest BCUT2D eigenvalue weighted by atomic mass is 10.2. The lowest BCUT2D eigenvalue weighted by molar-refractivity contribution is -0.138. The molecule has 8 heteroatoms. The number of nitrogens with one attached hydrogen (secondary N) is 1. The molecule has 0 bridgehead atoms. The number of amides is 1. The molecular weight excluding hydrogens is 313 g/mol. The van der Waals surface area contributed by atoms with Gasteiger partial charge in [-0.2, -0.15) is 13.2 Å². The number of ether oxygens (including phenoxy) is 1. The molecule has 0 aliphatic rings. The molecule has 0 aliphatic carbocycles. The van der Waals surface area contributed by atoms with Gasteiger partial charge in [-0.1, -0.05) is 12.1 Å². The van der Waals surface area contributed by atoms with Crippen molar-refractivity contribution in [1.29, 1.82) is 0 Å². The van der Waals surface area contributed by atoms with Crippen molar-refractivity contribution in [3.05, 3.63) is 53.5 Å². The molecule has 0 atom stereocenters. The predicted octanol–water partition coefficient (Wildman–Crippen LogP) is 2.57. The van der Waals surface area contributed by atoms with Crippen LogP contribution in [0.5, 0.6) is 5.75 Å². The van der Waals surface area contributed by atoms with E-state index in [9.17, 15) is 18.0 Å². The number of alkyl halides is 3. The van der Waals surface area contributed by atoms with Crippen molar-refractivity contribution in [2.75, 3.05) is 13.2 Å². The Labute approximate surface area is 130 Å². The molecule has 1 amide bonds. The summed E-state index contributed by atoms with van der Waals surface area (Å²) in [7, 11) is 0. The highest BCUT2D eigenvalue weighted by Gasteiger charge is 2.33. The Bertz CT molecular complexity index is 668. The molecule has 0 saturated carbocycles. The van der Waals surface area contributed by atoms with Gasteiger partial charge in [0.1, 0.15) is 24.4 Å². The van der Waals surface area contributed by atoms with E-state index < -0.39 is 17.6 Å². The number of hydrogen-bond acceptors (Lipinski definition) is 4. The summed E-state index contributed by atoms with van der Waals surface area (Å²) in [5, 5.41) is 2.52. The molecule has 0 fully saturated rings. The fraction of sp³-hybridized carbons (Fsp3) is 0.267. The van der Waals surface area contributed by atoms with Crippen LogP contribution in [0.25, 0.3) is 0 Å². The van der Waals surface area contributed by atoms with E-state index in [2.05, 4.69) is 5.32 Å². The molecule has 124 valence electrons. The first-order valence-electron chi connectivity index (χ1n) is 6.76. The van der Waals surface area contributed by atoms with Gasteiger partial charge in [-0.3, -0.25) is 4.79 Å². The normalized spacial score (nSPS) is 11.3. The molecule has 0 unspecified atom stereocenters. The molecule has 2 aromatic rings. The maximum Gasteiger partial charge on any atom is 0.419 e. The zero-order valence-electron chi connectivity index (χ0n) is 12.0. The minimum Gasteiger partial charge on any atom is -0.491 e. The van der Waals surface area contributed by atoms with Gasteiger partial charge in [-0.25, -0.2) is 0 Å². The second-order valence-electron chi connectivity index (χ2n) is 4.60. The largest absolute Gasteiger partial charge is 0.491 e. The van der Waals surface area contributed by atoms with E-state index in [0.717, 1.165) is 6.07 Å². The number of furan rings is 1. The SMILES string of the molecule is NCc1cc(C(=O)NCCOc2ccccc2C(F)(F)F)co1. The fourth-order valence-corrected chi connectivity index (χ4v) is 1.86. The van der Waals surface area contributed by atoms with Crippen molar-refractivity contribution >= 4 is 5.91 Å². The highest BCUT2D eigenvalue weighted by Crippen LogP contribution is 2.35. The molecule has 1 heterocycles. The number of para-hydroxylation sites is 1. The zero-order chi connectivity index (χ0) is 16.9. The standard InChI is InChI=1S/C15H15F3N2O3/c16-15(17,18)12-3-1-2-4-13(12)22-6-5-20-14(21)10-7-11(8-19)23-9-10/h1-4,7,9H,5-6,8,19H2,(H,20,21). The summed E-state index contributed by atoms with van der Waals surface area (Å²) in [6.45, 7) is 0.124. The van der Waals surface area contributed by atoms with Crippen LogP contribution in [0, 0.1) is 0 Å². The van der Waals surface area contributed by atoms with Crippen molar-refractivity contribution in [3.8, 4) is 5.75 Å². The van der Waals surface area contributed by atoms with E-state index in [1.54, 1.807) is 0 Å². The van der Waals surface area contributed by atoms with Gasteiger partial charge >= 0.3 is 6.18 Å². The summed E-state index contributed by atoms with van der Waals surface area (Å²) >= 11 is 0. The number of halogens is 3. The zero-order valence-corrected chi connectivity index (χ0v) is 12.0. The fourth-order valence-electron chi connectivity index (χ4n) is 1.86. The average molecular weight is 328 g/mol. The Morgan fingerprint density at radius 2 is 2.04 bits per heavy atom. The Kier molecular flexibility index (Phi) is 5.28. The Balaban J connectivity index is 1.85. The van der Waals surface area contributed by atoms with Crippen molar-refractivity contribution < 1.29 is 27.1 Å². The Morgan fingerprint density at radius 3 is 2.70 bits per heavy atom. The van der Waals surface area contributed by atoms with E-state index >= 15 is 0 Å². The molecule has 3 N–H and O–H groups in total. The quantitative estimate of drug-likeness (QED) is 0.799. The highest BCUT2D eigenvalue weighted by atomic mass is 19.4. The Hall–Kier alpha value is -2.48. The van der Waals surface area contributed by atoms with Gasteiger partial charge in [0.15, 0.2) is 0 Å². The number of carbonyl (C=O) groups is 1. The third kappa shape index (κ3) is 4.49. The minimum atomic E-state index is -4.49. The first-order chi connectivity index (χ1) is 10.9. The van der Waals surface area contributed by atoms with Crippen LogP contribution >= 0.6 is 0 Å². The molecule has 23 heavy (non-hydrogen) atoms. The molecule has 0 spiro atoms. The lowest BCUT2D eigenvalue weighted by Gasteiger charge is -2.13. The Morgan fingerprint density at radius 1 is 1.30 bits per heavy atom. The maximum atomic E-state index is 12.8. The molecule has 0 radical (unpaired) electrons. The van der Waals surface area contributed by atoms with Gasteiger partial charge in [0.2, 0.25) is 0 Å². The van der Waals surface area contributed by atoms with Crippen LogP contribution in [0.2, 0.25) is 0 Å². The van der Waals surface area contributed by atoms with Crippen molar-refractivity contribution in [2.45, 2.75) is 12.7 Å². The molecule has 0 saturated heterocycles. The molecule has 2 rings (SSSR count). The van der Waals surface area contributed by atoms with E-state index in [-0.39, 0.29) is 25.4 Å². The van der Waals surface area contributed by atoms with Gasteiger partial charge in [0.05, 0.1) is 24.2 Å². The number of hydrogen-bond donors (Lipinski definition) is 2. The minimum absolute atomic E-state index is 0.0498. The summed E-state index contributed by atoms with van der Waals surface area (Å²) in [6, 6.07) is 6.39. The highest BCUT2D eigenvalue weighted by molar-refractivity contribution is 5.93. The molecule has 0 aliphatic heterocycles. The van der Waals surface area contributed by atoms with Crippen LogP contribution in [0.3, 0.4) is 0 Å². The van der Waals surface area contributed by atoms with Crippen molar-refractivity contribution in [3.63, 3.8) is 0 Å². The van der Waals surface area contributed by atoms with Gasteiger partial charge in [0, 0.05) is 0 Å². The third-order valence-electron chi connectivity index (χ3n) is 2.95. The van der Waals surface area contributed by atoms with Crippen molar-refractivity contribution in [2.24, 2.45) is 5.73 Å². The molecule has 1 aromatic carbocycles. The second kappa shape index (κ2) is 7.19. The molecular formula is C15H15F3N2O3. The summed E-state index contributed by atoms with van der Waals surface area (Å²) in [5.74, 6) is -0.227. The maximum absolute atomic E-state index is 12.8. The first kappa shape index (κ1) is 16.9. The van der Waals surface area contributed by atoms with Crippen LogP contribution in [-0.4, -0.2) is 19.1 Å². The van der Waals surface area contributed by atoms with Gasteiger partial charge in [0.25, 0.3) is 5.91 Å². The summed E-state index contributed by atoms with van der Waals surface area (Å²) in [6.07, 6.45) is -3.23. The van der Waals surface area contributed by atoms with Crippen LogP contribution in [0.4, 0.5) is 13.2 Å². The van der Waals surface area contributed by atoms with Gasteiger partial charge in [-0.05, 0) is 18.2 Å². The number of nitrogens with two attached hydrogens (primary N) is 1. The molecule has 5 nitrogen and oxygen atoms in total. The summed E-state index contributed by atoms with van der Waals surface area (Å²) in [5.41, 5.74) is 4.80. The van der Waals surface area contributed by atoms with Gasteiger partial charge < -0.3 is 20.2 Å².